The normalized spacial score (nSPS) is 14.8. The van der Waals surface area contributed by atoms with Crippen molar-refractivity contribution in [1.29, 1.82) is 0 Å². The number of benzene rings is 1. The van der Waals surface area contributed by atoms with Crippen molar-refractivity contribution in [3.8, 4) is 39.8 Å². The molecule has 1 aliphatic carbocycles. The number of thiazole rings is 1. The lowest BCUT2D eigenvalue weighted by molar-refractivity contribution is -0.120. The molecule has 2 aromatic carbocycles. The zero-order chi connectivity index (χ0) is 33.7. The summed E-state index contributed by atoms with van der Waals surface area (Å²) in [7, 11) is 4.66. The number of methoxy groups -OCH3 is 3. The maximum Gasteiger partial charge on any atom is 0.248 e. The smallest absolute Gasteiger partial charge is 0.248 e. The van der Waals surface area contributed by atoms with E-state index < -0.39 is 12.1 Å². The Hall–Kier alpha value is -4.97. The summed E-state index contributed by atoms with van der Waals surface area (Å²) in [4.78, 5) is 48.8. The van der Waals surface area contributed by atoms with Gasteiger partial charge in [0.15, 0.2) is 16.6 Å². The molecular formula is C35H39N5O6S. The molecule has 0 radical (unpaired) electrons. The third-order valence-corrected chi connectivity index (χ3v) is 9.14. The summed E-state index contributed by atoms with van der Waals surface area (Å²) in [5.41, 5.74) is 4.30. The van der Waals surface area contributed by atoms with Crippen LogP contribution < -0.4 is 35.6 Å². The van der Waals surface area contributed by atoms with Gasteiger partial charge in [-0.15, -0.1) is 11.3 Å². The van der Waals surface area contributed by atoms with Crippen LogP contribution in [-0.4, -0.2) is 49.2 Å². The Morgan fingerprint density at radius 3 is 2.49 bits per heavy atom. The Balaban J connectivity index is 1.56. The highest BCUT2D eigenvalue weighted by Gasteiger charge is 2.30. The van der Waals surface area contributed by atoms with E-state index in [1.807, 2.05) is 49.6 Å². The van der Waals surface area contributed by atoms with Crippen LogP contribution in [0.2, 0.25) is 0 Å². The molecule has 0 saturated carbocycles. The van der Waals surface area contributed by atoms with Crippen LogP contribution in [0, 0.1) is 5.92 Å². The van der Waals surface area contributed by atoms with Crippen molar-refractivity contribution in [1.82, 2.24) is 15.3 Å². The number of fused-ring (bicyclic) bond motifs is 3. The molecule has 0 aliphatic heterocycles. The number of hydrogen-bond donors (Lipinski definition) is 3. The molecule has 0 bridgehead atoms. The fourth-order valence-corrected chi connectivity index (χ4v) is 6.55. The topological polar surface area (TPSA) is 141 Å². The predicted octanol–water partition coefficient (Wildman–Crippen LogP) is 5.85. The lowest BCUT2D eigenvalue weighted by Gasteiger charge is -2.23. The van der Waals surface area contributed by atoms with Crippen LogP contribution in [0.5, 0.6) is 17.2 Å². The molecule has 3 atom stereocenters. The first-order chi connectivity index (χ1) is 22.7. The van der Waals surface area contributed by atoms with Crippen molar-refractivity contribution in [2.24, 2.45) is 5.92 Å². The standard InChI is InChI=1S/C35H39N5O6S/c1-7-19(2)31(34(43)40-35-39-27(18-47-35)25-10-8-9-15-36-25)38-26-14-12-22-23(17-28(26)42)24(37-20(3)41)13-11-21-16-29(44-4)32(45-5)33(46-6)30(21)22/h8-10,12,14-19,24,31H,7,11,13H2,1-6H3,(H,37,41)(H,38,42)(H,39,40,43)/t19-,24+,31-/m0/s1. The van der Waals surface area contributed by atoms with E-state index in [2.05, 4.69) is 25.9 Å². The Kier molecular flexibility index (Phi) is 10.4. The number of aromatic nitrogens is 2. The van der Waals surface area contributed by atoms with Gasteiger partial charge in [-0.2, -0.15) is 0 Å². The van der Waals surface area contributed by atoms with Gasteiger partial charge in [0.25, 0.3) is 0 Å². The number of aryl methyl sites for hydroxylation is 1. The van der Waals surface area contributed by atoms with E-state index in [-0.39, 0.29) is 28.8 Å². The summed E-state index contributed by atoms with van der Waals surface area (Å²) in [5, 5.41) is 11.5. The molecule has 47 heavy (non-hydrogen) atoms. The molecule has 2 aromatic heterocycles. The summed E-state index contributed by atoms with van der Waals surface area (Å²) in [5.74, 6) is 0.751. The summed E-state index contributed by atoms with van der Waals surface area (Å²) in [6, 6.07) is 11.3. The van der Waals surface area contributed by atoms with Crippen molar-refractivity contribution >= 4 is 34.0 Å². The Morgan fingerprint density at radius 2 is 1.83 bits per heavy atom. The lowest BCUT2D eigenvalue weighted by atomic mass is 9.95. The average Bonchev–Trinajstić information content (AvgIpc) is 3.42. The van der Waals surface area contributed by atoms with E-state index in [9.17, 15) is 14.4 Å². The number of nitrogens with zero attached hydrogens (tertiary/aromatic N) is 2. The van der Waals surface area contributed by atoms with Gasteiger partial charge in [0.1, 0.15) is 11.7 Å². The summed E-state index contributed by atoms with van der Waals surface area (Å²) >= 11 is 1.31. The molecule has 5 rings (SSSR count). The van der Waals surface area contributed by atoms with E-state index in [1.165, 1.54) is 24.3 Å². The second kappa shape index (κ2) is 14.6. The molecule has 2 heterocycles. The number of ether oxygens (including phenoxy) is 3. The van der Waals surface area contributed by atoms with Gasteiger partial charge in [-0.3, -0.25) is 19.4 Å². The first-order valence-corrected chi connectivity index (χ1v) is 16.3. The maximum atomic E-state index is 13.9. The number of amides is 2. The van der Waals surface area contributed by atoms with Crippen LogP contribution in [0.4, 0.5) is 10.8 Å². The van der Waals surface area contributed by atoms with Gasteiger partial charge < -0.3 is 30.2 Å². The van der Waals surface area contributed by atoms with E-state index >= 15 is 0 Å². The molecular weight excluding hydrogens is 618 g/mol. The summed E-state index contributed by atoms with van der Waals surface area (Å²) in [6.07, 6.45) is 3.50. The molecule has 0 spiro atoms. The van der Waals surface area contributed by atoms with Crippen LogP contribution in [0.1, 0.15) is 50.8 Å². The van der Waals surface area contributed by atoms with Crippen molar-refractivity contribution in [3.63, 3.8) is 0 Å². The van der Waals surface area contributed by atoms with E-state index in [4.69, 9.17) is 14.2 Å². The minimum absolute atomic E-state index is 0.127. The van der Waals surface area contributed by atoms with Crippen LogP contribution >= 0.6 is 11.3 Å². The molecule has 4 aromatic rings. The maximum absolute atomic E-state index is 13.9. The minimum Gasteiger partial charge on any atom is -0.493 e. The number of nitrogens with one attached hydrogen (secondary N) is 3. The van der Waals surface area contributed by atoms with E-state index in [1.54, 1.807) is 33.6 Å². The van der Waals surface area contributed by atoms with Gasteiger partial charge >= 0.3 is 0 Å². The van der Waals surface area contributed by atoms with Gasteiger partial charge in [0.05, 0.1) is 38.8 Å². The second-order valence-corrected chi connectivity index (χ2v) is 12.2. The second-order valence-electron chi connectivity index (χ2n) is 11.3. The molecule has 11 nitrogen and oxygen atoms in total. The first-order valence-electron chi connectivity index (χ1n) is 15.4. The van der Waals surface area contributed by atoms with Crippen LogP contribution in [-0.2, 0) is 16.0 Å². The van der Waals surface area contributed by atoms with Crippen LogP contribution in [0.15, 0.2) is 58.8 Å². The zero-order valence-corrected chi connectivity index (χ0v) is 28.1. The highest BCUT2D eigenvalue weighted by Crippen LogP contribution is 2.50. The molecule has 2 amide bonds. The molecule has 3 N–H and O–H groups in total. The molecule has 0 saturated heterocycles. The Bertz CT molecular complexity index is 1830. The molecule has 0 unspecified atom stereocenters. The number of pyridine rings is 1. The highest BCUT2D eigenvalue weighted by atomic mass is 32.1. The van der Waals surface area contributed by atoms with Crippen molar-refractivity contribution in [2.75, 3.05) is 32.0 Å². The van der Waals surface area contributed by atoms with Gasteiger partial charge in [0.2, 0.25) is 23.0 Å². The third-order valence-electron chi connectivity index (χ3n) is 8.38. The van der Waals surface area contributed by atoms with Crippen LogP contribution in [0.25, 0.3) is 22.5 Å². The molecule has 12 heteroatoms. The SMILES string of the molecule is CC[C@H](C)[C@H](Nc1ccc2c(cc1=O)[C@H](NC(C)=O)CCc1cc(OC)c(OC)c(OC)c1-2)C(=O)Nc1nc(-c2ccccn2)cs1. The quantitative estimate of drug-likeness (QED) is 0.181. The Morgan fingerprint density at radius 1 is 1.04 bits per heavy atom. The van der Waals surface area contributed by atoms with Crippen molar-refractivity contribution in [3.05, 3.63) is 75.4 Å². The summed E-state index contributed by atoms with van der Waals surface area (Å²) < 4.78 is 17.2. The zero-order valence-electron chi connectivity index (χ0n) is 27.3. The molecule has 1 aliphatic rings. The lowest BCUT2D eigenvalue weighted by Crippen LogP contribution is -2.40. The fourth-order valence-electron chi connectivity index (χ4n) is 5.84. The van der Waals surface area contributed by atoms with Gasteiger partial charge in [0, 0.05) is 24.1 Å². The van der Waals surface area contributed by atoms with E-state index in [0.29, 0.717) is 64.2 Å². The van der Waals surface area contributed by atoms with Crippen molar-refractivity contribution < 1.29 is 23.8 Å². The minimum atomic E-state index is -0.741. The number of carbonyl (C=O) groups excluding carboxylic acids is 2. The van der Waals surface area contributed by atoms with Crippen LogP contribution in [0.3, 0.4) is 0 Å². The molecule has 0 fully saturated rings. The van der Waals surface area contributed by atoms with Gasteiger partial charge in [-0.1, -0.05) is 32.4 Å². The first kappa shape index (κ1) is 33.4. The summed E-state index contributed by atoms with van der Waals surface area (Å²) in [6.45, 7) is 5.40. The number of carbonyl (C=O) groups is 2. The van der Waals surface area contributed by atoms with E-state index in [0.717, 1.165) is 11.1 Å². The number of hydrogen-bond acceptors (Lipinski definition) is 10. The fraction of sp³-hybridized carbons (Fsp3) is 0.343. The van der Waals surface area contributed by atoms with Gasteiger partial charge in [-0.05, 0) is 65.8 Å². The number of rotatable bonds is 11. The highest BCUT2D eigenvalue weighted by molar-refractivity contribution is 7.14. The van der Waals surface area contributed by atoms with Gasteiger partial charge in [-0.25, -0.2) is 4.98 Å². The largest absolute Gasteiger partial charge is 0.493 e. The van der Waals surface area contributed by atoms with Crippen molar-refractivity contribution in [2.45, 2.75) is 52.1 Å². The molecule has 246 valence electrons. The Labute approximate surface area is 277 Å². The predicted molar refractivity (Wildman–Crippen MR) is 184 cm³/mol. The monoisotopic (exact) mass is 657 g/mol. The third kappa shape index (κ3) is 7.07. The average molecular weight is 658 g/mol. The number of anilines is 2.